The number of amides is 1. The van der Waals surface area contributed by atoms with Gasteiger partial charge in [-0.15, -0.1) is 0 Å². The van der Waals surface area contributed by atoms with Crippen molar-refractivity contribution in [2.75, 3.05) is 25.5 Å². The van der Waals surface area contributed by atoms with Crippen LogP contribution in [0, 0.1) is 17.1 Å². The van der Waals surface area contributed by atoms with Gasteiger partial charge in [-0.2, -0.15) is 14.9 Å². The van der Waals surface area contributed by atoms with Gasteiger partial charge in [-0.1, -0.05) is 12.8 Å². The summed E-state index contributed by atoms with van der Waals surface area (Å²) in [5, 5.41) is 13.5. The summed E-state index contributed by atoms with van der Waals surface area (Å²) in [6.45, 7) is 2.81. The van der Waals surface area contributed by atoms with Crippen molar-refractivity contribution < 1.29 is 9.18 Å². The first kappa shape index (κ1) is 20.8. The lowest BCUT2D eigenvalue weighted by atomic mass is 10.1. The first-order valence-electron chi connectivity index (χ1n) is 10.5. The lowest BCUT2D eigenvalue weighted by molar-refractivity contribution is 0.0692. The molecule has 8 heteroatoms. The summed E-state index contributed by atoms with van der Waals surface area (Å²) >= 11 is 0. The predicted molar refractivity (Wildman–Crippen MR) is 116 cm³/mol. The van der Waals surface area contributed by atoms with Crippen LogP contribution in [0.5, 0.6) is 0 Å². The molecule has 160 valence electrons. The van der Waals surface area contributed by atoms with E-state index in [9.17, 15) is 9.18 Å². The van der Waals surface area contributed by atoms with E-state index in [1.54, 1.807) is 22.7 Å². The van der Waals surface area contributed by atoms with Gasteiger partial charge < -0.3 is 9.80 Å². The number of hydrogen-bond acceptors (Lipinski definition) is 5. The monoisotopic (exact) mass is 420 g/mol. The van der Waals surface area contributed by atoms with E-state index >= 15 is 0 Å². The molecule has 1 amide bonds. The van der Waals surface area contributed by atoms with E-state index in [0.717, 1.165) is 32.2 Å². The standard InChI is InChI=1S/C23H25FN6O/c1-15-7-5-4-6-10-29(15)23(31)20-13-22(28(2)3)30-21(26-20)12-19(27-30)17-9-8-16(14-25)11-18(17)24/h8-9,11-13,15H,4-7,10H2,1-3H3. The zero-order valence-corrected chi connectivity index (χ0v) is 18.0. The Hall–Kier alpha value is -3.47. The van der Waals surface area contributed by atoms with E-state index in [0.29, 0.717) is 22.9 Å². The number of likely N-dealkylation sites (tertiary alicyclic amines) is 1. The number of nitriles is 1. The summed E-state index contributed by atoms with van der Waals surface area (Å²) in [6, 6.07) is 9.78. The van der Waals surface area contributed by atoms with Crippen LogP contribution >= 0.6 is 0 Å². The lowest BCUT2D eigenvalue weighted by Gasteiger charge is -2.27. The van der Waals surface area contributed by atoms with Gasteiger partial charge in [0, 0.05) is 44.4 Å². The van der Waals surface area contributed by atoms with Gasteiger partial charge in [0.25, 0.3) is 5.91 Å². The fourth-order valence-electron chi connectivity index (χ4n) is 4.03. The van der Waals surface area contributed by atoms with Gasteiger partial charge >= 0.3 is 0 Å². The second-order valence-electron chi connectivity index (χ2n) is 8.20. The zero-order chi connectivity index (χ0) is 22.1. The summed E-state index contributed by atoms with van der Waals surface area (Å²) in [5.41, 5.74) is 1.75. The molecule has 3 aromatic rings. The highest BCUT2D eigenvalue weighted by Gasteiger charge is 2.26. The Bertz CT molecular complexity index is 1180. The number of fused-ring (bicyclic) bond motifs is 1. The third kappa shape index (κ3) is 3.96. The highest BCUT2D eigenvalue weighted by Crippen LogP contribution is 2.27. The van der Waals surface area contributed by atoms with Crippen LogP contribution in [0.1, 0.15) is 48.7 Å². The Balaban J connectivity index is 1.79. The fourth-order valence-corrected chi connectivity index (χ4v) is 4.03. The first-order valence-corrected chi connectivity index (χ1v) is 10.5. The molecule has 1 aliphatic rings. The summed E-state index contributed by atoms with van der Waals surface area (Å²) < 4.78 is 16.2. The Morgan fingerprint density at radius 1 is 1.23 bits per heavy atom. The molecule has 4 rings (SSSR count). The minimum Gasteiger partial charge on any atom is -0.363 e. The van der Waals surface area contributed by atoms with Crippen molar-refractivity contribution in [2.24, 2.45) is 0 Å². The van der Waals surface area contributed by atoms with Gasteiger partial charge in [-0.05, 0) is 38.0 Å². The second-order valence-corrected chi connectivity index (χ2v) is 8.20. The van der Waals surface area contributed by atoms with Crippen molar-refractivity contribution in [2.45, 2.75) is 38.6 Å². The minimum absolute atomic E-state index is 0.0905. The molecular formula is C23H25FN6O. The normalized spacial score (nSPS) is 16.7. The minimum atomic E-state index is -0.524. The molecule has 1 aliphatic heterocycles. The molecule has 1 atom stereocenters. The summed E-state index contributed by atoms with van der Waals surface area (Å²) in [5.74, 6) is 0.0620. The average molecular weight is 420 g/mol. The van der Waals surface area contributed by atoms with Crippen molar-refractivity contribution in [3.8, 4) is 17.3 Å². The van der Waals surface area contributed by atoms with Gasteiger partial charge in [-0.3, -0.25) is 4.79 Å². The molecule has 0 aliphatic carbocycles. The SMILES string of the molecule is CC1CCCCCN1C(=O)c1cc(N(C)C)n2nc(-c3ccc(C#N)cc3F)cc2n1. The number of carbonyl (C=O) groups is 1. The molecule has 0 N–H and O–H groups in total. The van der Waals surface area contributed by atoms with E-state index in [2.05, 4.69) is 17.0 Å². The number of anilines is 1. The number of rotatable bonds is 3. The molecule has 1 aromatic carbocycles. The van der Waals surface area contributed by atoms with E-state index in [-0.39, 0.29) is 23.1 Å². The molecule has 0 radical (unpaired) electrons. The van der Waals surface area contributed by atoms with Crippen LogP contribution in [-0.2, 0) is 0 Å². The third-order valence-electron chi connectivity index (χ3n) is 5.77. The molecule has 2 aromatic heterocycles. The van der Waals surface area contributed by atoms with Crippen LogP contribution in [-0.4, -0.2) is 52.1 Å². The van der Waals surface area contributed by atoms with Crippen LogP contribution in [0.2, 0.25) is 0 Å². The van der Waals surface area contributed by atoms with Crippen LogP contribution in [0.25, 0.3) is 16.9 Å². The average Bonchev–Trinajstić information content (AvgIpc) is 3.06. The van der Waals surface area contributed by atoms with Gasteiger partial charge in [0.05, 0.1) is 17.3 Å². The van der Waals surface area contributed by atoms with E-state index < -0.39 is 5.82 Å². The van der Waals surface area contributed by atoms with Crippen molar-refractivity contribution in [1.29, 1.82) is 5.26 Å². The summed E-state index contributed by atoms with van der Waals surface area (Å²) in [6.07, 6.45) is 4.24. The van der Waals surface area contributed by atoms with Crippen molar-refractivity contribution >= 4 is 17.4 Å². The van der Waals surface area contributed by atoms with Crippen LogP contribution in [0.15, 0.2) is 30.3 Å². The largest absolute Gasteiger partial charge is 0.363 e. The maximum absolute atomic E-state index is 14.6. The number of halogens is 1. The molecule has 3 heterocycles. The smallest absolute Gasteiger partial charge is 0.272 e. The molecule has 0 saturated carbocycles. The highest BCUT2D eigenvalue weighted by molar-refractivity contribution is 5.94. The van der Waals surface area contributed by atoms with Crippen LogP contribution in [0.4, 0.5) is 10.2 Å². The molecule has 1 saturated heterocycles. The van der Waals surface area contributed by atoms with Crippen LogP contribution < -0.4 is 4.90 Å². The molecular weight excluding hydrogens is 395 g/mol. The predicted octanol–water partition coefficient (Wildman–Crippen LogP) is 3.88. The van der Waals surface area contributed by atoms with Crippen molar-refractivity contribution in [1.82, 2.24) is 19.5 Å². The quantitative estimate of drug-likeness (QED) is 0.643. The van der Waals surface area contributed by atoms with E-state index in [4.69, 9.17) is 5.26 Å². The topological polar surface area (TPSA) is 77.5 Å². The second kappa shape index (κ2) is 8.34. The molecule has 0 bridgehead atoms. The molecule has 1 fully saturated rings. The number of nitrogens with zero attached hydrogens (tertiary/aromatic N) is 6. The van der Waals surface area contributed by atoms with Crippen LogP contribution in [0.3, 0.4) is 0 Å². The first-order chi connectivity index (χ1) is 14.9. The summed E-state index contributed by atoms with van der Waals surface area (Å²) in [7, 11) is 3.72. The fraction of sp³-hybridized carbons (Fsp3) is 0.391. The van der Waals surface area contributed by atoms with Gasteiger partial charge in [-0.25, -0.2) is 9.37 Å². The van der Waals surface area contributed by atoms with Gasteiger partial charge in [0.1, 0.15) is 17.3 Å². The third-order valence-corrected chi connectivity index (χ3v) is 5.77. The van der Waals surface area contributed by atoms with E-state index in [1.807, 2.05) is 30.0 Å². The van der Waals surface area contributed by atoms with Gasteiger partial charge in [0.15, 0.2) is 5.65 Å². The molecule has 31 heavy (non-hydrogen) atoms. The number of benzene rings is 1. The van der Waals surface area contributed by atoms with Crippen molar-refractivity contribution in [3.05, 3.63) is 47.4 Å². The Kier molecular flexibility index (Phi) is 5.59. The highest BCUT2D eigenvalue weighted by atomic mass is 19.1. The van der Waals surface area contributed by atoms with Gasteiger partial charge in [0.2, 0.25) is 0 Å². The Morgan fingerprint density at radius 3 is 2.74 bits per heavy atom. The molecule has 0 spiro atoms. The number of hydrogen-bond donors (Lipinski definition) is 0. The molecule has 1 unspecified atom stereocenters. The maximum atomic E-state index is 14.6. The number of aromatic nitrogens is 3. The Labute approximate surface area is 180 Å². The molecule has 7 nitrogen and oxygen atoms in total. The summed E-state index contributed by atoms with van der Waals surface area (Å²) in [4.78, 5) is 21.6. The maximum Gasteiger partial charge on any atom is 0.272 e. The number of carbonyl (C=O) groups excluding carboxylic acids is 1. The lowest BCUT2D eigenvalue weighted by Crippen LogP contribution is -2.38. The Morgan fingerprint density at radius 2 is 2.03 bits per heavy atom. The zero-order valence-electron chi connectivity index (χ0n) is 18.0. The van der Waals surface area contributed by atoms with Crippen molar-refractivity contribution in [3.63, 3.8) is 0 Å². The van der Waals surface area contributed by atoms with E-state index in [1.165, 1.54) is 12.1 Å².